The Hall–Kier alpha value is -1.84. The summed E-state index contributed by atoms with van der Waals surface area (Å²) in [4.78, 5) is 23.3. The van der Waals surface area contributed by atoms with Crippen molar-refractivity contribution >= 4 is 11.9 Å². The maximum absolute atomic E-state index is 11.5. The Morgan fingerprint density at radius 3 is 2.69 bits per heavy atom. The highest BCUT2D eigenvalue weighted by Gasteiger charge is 2.30. The Bertz CT molecular complexity index is 402. The summed E-state index contributed by atoms with van der Waals surface area (Å²) in [5, 5.41) is 10.4. The molecular weight excluding hydrogens is 206 g/mol. The molecule has 0 bridgehead atoms. The normalized spacial score (nSPS) is 20.1. The Balaban J connectivity index is 2.07. The van der Waals surface area contributed by atoms with Crippen molar-refractivity contribution in [3.8, 4) is 0 Å². The van der Waals surface area contributed by atoms with Crippen LogP contribution in [0.15, 0.2) is 30.3 Å². The van der Waals surface area contributed by atoms with Gasteiger partial charge in [-0.3, -0.25) is 4.79 Å². The van der Waals surface area contributed by atoms with Crippen molar-refractivity contribution in [1.82, 2.24) is 4.90 Å². The highest BCUT2D eigenvalue weighted by molar-refractivity contribution is 5.83. The molecule has 1 atom stereocenters. The van der Waals surface area contributed by atoms with E-state index in [1.807, 2.05) is 30.3 Å². The van der Waals surface area contributed by atoms with E-state index in [2.05, 4.69) is 0 Å². The van der Waals surface area contributed by atoms with Crippen molar-refractivity contribution < 1.29 is 14.7 Å². The quantitative estimate of drug-likeness (QED) is 0.703. The topological polar surface area (TPSA) is 60.4 Å². The number of rotatable bonds is 3. The fourth-order valence-corrected chi connectivity index (χ4v) is 2.03. The number of likely N-dealkylation sites (tertiary alicyclic amines) is 1. The van der Waals surface area contributed by atoms with Crippen molar-refractivity contribution in [2.75, 3.05) is 13.1 Å². The first-order valence-corrected chi connectivity index (χ1v) is 5.19. The van der Waals surface area contributed by atoms with Gasteiger partial charge < -0.3 is 14.8 Å². The van der Waals surface area contributed by atoms with Gasteiger partial charge in [0.05, 0.1) is 12.5 Å². The molecule has 2 rings (SSSR count). The lowest BCUT2D eigenvalue weighted by atomic mass is 9.99. The van der Waals surface area contributed by atoms with Crippen molar-refractivity contribution in [3.63, 3.8) is 0 Å². The average molecular weight is 218 g/mol. The van der Waals surface area contributed by atoms with Gasteiger partial charge >= 0.3 is 0 Å². The molecule has 0 saturated carbocycles. The van der Waals surface area contributed by atoms with Crippen LogP contribution in [0.1, 0.15) is 17.9 Å². The third-order valence-electron chi connectivity index (χ3n) is 2.81. The van der Waals surface area contributed by atoms with E-state index in [1.54, 1.807) is 0 Å². The Morgan fingerprint density at radius 1 is 1.38 bits per heavy atom. The average Bonchev–Trinajstić information content (AvgIpc) is 2.61. The molecule has 1 aliphatic rings. The Morgan fingerprint density at radius 2 is 2.06 bits per heavy atom. The van der Waals surface area contributed by atoms with Crippen LogP contribution in [0.2, 0.25) is 0 Å². The minimum Gasteiger partial charge on any atom is -0.548 e. The van der Waals surface area contributed by atoms with Gasteiger partial charge in [-0.25, -0.2) is 0 Å². The van der Waals surface area contributed by atoms with E-state index < -0.39 is 5.97 Å². The molecule has 1 aromatic carbocycles. The maximum atomic E-state index is 11.5. The summed E-state index contributed by atoms with van der Waals surface area (Å²) in [5.41, 5.74) is 1.08. The molecule has 0 aliphatic carbocycles. The van der Waals surface area contributed by atoms with Gasteiger partial charge in [-0.1, -0.05) is 30.3 Å². The van der Waals surface area contributed by atoms with Gasteiger partial charge in [0.1, 0.15) is 0 Å². The zero-order chi connectivity index (χ0) is 11.5. The van der Waals surface area contributed by atoms with Gasteiger partial charge in [0.25, 0.3) is 0 Å². The molecule has 0 spiro atoms. The first kappa shape index (κ1) is 10.7. The van der Waals surface area contributed by atoms with Gasteiger partial charge in [-0.2, -0.15) is 0 Å². The van der Waals surface area contributed by atoms with Crippen LogP contribution >= 0.6 is 0 Å². The van der Waals surface area contributed by atoms with E-state index in [-0.39, 0.29) is 18.4 Å². The van der Waals surface area contributed by atoms with Crippen LogP contribution in [0.25, 0.3) is 0 Å². The summed E-state index contributed by atoms with van der Waals surface area (Å²) in [7, 11) is 0. The van der Waals surface area contributed by atoms with Gasteiger partial charge in [-0.05, 0) is 5.56 Å². The standard InChI is InChI=1S/C12H13NO3/c14-11-6-10(7-13(11)8-12(15)16)9-4-2-1-3-5-9/h1-5,10H,6-8H2,(H,15,16)/p-1/t10-/m1/s1. The van der Waals surface area contributed by atoms with Gasteiger partial charge in [-0.15, -0.1) is 0 Å². The minimum absolute atomic E-state index is 0.105. The van der Waals surface area contributed by atoms with Crippen LogP contribution in [0.5, 0.6) is 0 Å². The number of hydrogen-bond acceptors (Lipinski definition) is 3. The number of carbonyl (C=O) groups excluding carboxylic acids is 2. The summed E-state index contributed by atoms with van der Waals surface area (Å²) in [6.07, 6.45) is 0.386. The molecule has 0 aromatic heterocycles. The predicted octanol–water partition coefficient (Wildman–Crippen LogP) is -0.248. The molecule has 1 fully saturated rings. The number of benzene rings is 1. The van der Waals surface area contributed by atoms with E-state index in [0.717, 1.165) is 5.56 Å². The molecule has 1 amide bonds. The molecule has 1 saturated heterocycles. The summed E-state index contributed by atoms with van der Waals surface area (Å²) in [5.74, 6) is -1.21. The lowest BCUT2D eigenvalue weighted by molar-refractivity contribution is -0.305. The van der Waals surface area contributed by atoms with Crippen LogP contribution in [0.3, 0.4) is 0 Å². The van der Waals surface area contributed by atoms with Crippen LogP contribution in [0, 0.1) is 0 Å². The second-order valence-corrected chi connectivity index (χ2v) is 3.96. The van der Waals surface area contributed by atoms with E-state index in [9.17, 15) is 14.7 Å². The number of carbonyl (C=O) groups is 2. The SMILES string of the molecule is O=C([O-])CN1C[C@H](c2ccccc2)CC1=O. The molecule has 1 aromatic rings. The number of amides is 1. The predicted molar refractivity (Wildman–Crippen MR) is 55.4 cm³/mol. The molecule has 4 heteroatoms. The largest absolute Gasteiger partial charge is 0.548 e. The Kier molecular flexibility index (Phi) is 2.90. The van der Waals surface area contributed by atoms with Crippen LogP contribution in [-0.2, 0) is 9.59 Å². The Labute approximate surface area is 93.5 Å². The van der Waals surface area contributed by atoms with Crippen molar-refractivity contribution in [3.05, 3.63) is 35.9 Å². The molecule has 16 heavy (non-hydrogen) atoms. The molecule has 0 N–H and O–H groups in total. The molecule has 0 radical (unpaired) electrons. The van der Waals surface area contributed by atoms with E-state index in [4.69, 9.17) is 0 Å². The van der Waals surface area contributed by atoms with Gasteiger partial charge in [0.2, 0.25) is 5.91 Å². The fraction of sp³-hybridized carbons (Fsp3) is 0.333. The van der Waals surface area contributed by atoms with Crippen molar-refractivity contribution in [1.29, 1.82) is 0 Å². The minimum atomic E-state index is -1.21. The van der Waals surface area contributed by atoms with Crippen molar-refractivity contribution in [2.24, 2.45) is 0 Å². The lowest BCUT2D eigenvalue weighted by Crippen LogP contribution is -2.38. The zero-order valence-corrected chi connectivity index (χ0v) is 8.76. The third kappa shape index (κ3) is 2.21. The molecule has 1 aliphatic heterocycles. The van der Waals surface area contributed by atoms with Crippen LogP contribution in [0.4, 0.5) is 0 Å². The van der Waals surface area contributed by atoms with Crippen LogP contribution < -0.4 is 5.11 Å². The number of carboxylic acid groups (broad SMARTS) is 1. The molecular formula is C12H12NO3-. The number of hydrogen-bond donors (Lipinski definition) is 0. The van der Waals surface area contributed by atoms with E-state index in [0.29, 0.717) is 13.0 Å². The maximum Gasteiger partial charge on any atom is 0.223 e. The molecule has 84 valence electrons. The summed E-state index contributed by atoms with van der Waals surface area (Å²) < 4.78 is 0. The summed E-state index contributed by atoms with van der Waals surface area (Å²) >= 11 is 0. The molecule has 0 unspecified atom stereocenters. The second kappa shape index (κ2) is 4.35. The van der Waals surface area contributed by atoms with Crippen molar-refractivity contribution in [2.45, 2.75) is 12.3 Å². The molecule has 4 nitrogen and oxygen atoms in total. The highest BCUT2D eigenvalue weighted by Crippen LogP contribution is 2.27. The second-order valence-electron chi connectivity index (χ2n) is 3.96. The number of aliphatic carboxylic acids is 1. The zero-order valence-electron chi connectivity index (χ0n) is 8.76. The monoisotopic (exact) mass is 218 g/mol. The number of carboxylic acids is 1. The summed E-state index contributed by atoms with van der Waals surface area (Å²) in [6.45, 7) is 0.166. The smallest absolute Gasteiger partial charge is 0.223 e. The molecule has 1 heterocycles. The fourth-order valence-electron chi connectivity index (χ4n) is 2.03. The van der Waals surface area contributed by atoms with E-state index in [1.165, 1.54) is 4.90 Å². The van der Waals surface area contributed by atoms with E-state index >= 15 is 0 Å². The van der Waals surface area contributed by atoms with Crippen LogP contribution in [-0.4, -0.2) is 29.9 Å². The first-order chi connectivity index (χ1) is 7.66. The third-order valence-corrected chi connectivity index (χ3v) is 2.81. The highest BCUT2D eigenvalue weighted by atomic mass is 16.4. The lowest BCUT2D eigenvalue weighted by Gasteiger charge is -2.16. The van der Waals surface area contributed by atoms with Gasteiger partial charge in [0.15, 0.2) is 0 Å². The van der Waals surface area contributed by atoms with Gasteiger partial charge in [0, 0.05) is 18.9 Å². The summed E-state index contributed by atoms with van der Waals surface area (Å²) in [6, 6.07) is 9.67. The first-order valence-electron chi connectivity index (χ1n) is 5.19. The number of nitrogens with zero attached hydrogens (tertiary/aromatic N) is 1.